The highest BCUT2D eigenvalue weighted by Crippen LogP contribution is 2.22. The van der Waals surface area contributed by atoms with Crippen LogP contribution in [0.4, 0.5) is 0 Å². The normalized spacial score (nSPS) is 22.9. The summed E-state index contributed by atoms with van der Waals surface area (Å²) in [5.74, 6) is 1.21. The van der Waals surface area contributed by atoms with Gasteiger partial charge >= 0.3 is 0 Å². The molecule has 2 fully saturated rings. The van der Waals surface area contributed by atoms with E-state index in [1.807, 2.05) is 12.3 Å². The minimum absolute atomic E-state index is 0.0304. The summed E-state index contributed by atoms with van der Waals surface area (Å²) in [6.45, 7) is 5.38. The Hall–Kier alpha value is -1.99. The van der Waals surface area contributed by atoms with E-state index >= 15 is 0 Å². The van der Waals surface area contributed by atoms with E-state index in [9.17, 15) is 4.79 Å². The third-order valence-corrected chi connectivity index (χ3v) is 6.12. The van der Waals surface area contributed by atoms with Gasteiger partial charge in [-0.3, -0.25) is 4.79 Å². The maximum Gasteiger partial charge on any atom is 0.266 e. The second-order valence-corrected chi connectivity index (χ2v) is 8.04. The molecular weight excluding hydrogens is 340 g/mol. The number of hydrogen-bond donors (Lipinski definition) is 0. The van der Waals surface area contributed by atoms with Crippen LogP contribution in [-0.2, 0) is 6.54 Å². The van der Waals surface area contributed by atoms with Gasteiger partial charge in [-0.1, -0.05) is 6.42 Å². The first-order valence-electron chi connectivity index (χ1n) is 10.2. The zero-order valence-electron chi connectivity index (χ0n) is 16.2. The molecule has 4 heterocycles. The van der Waals surface area contributed by atoms with Crippen molar-refractivity contribution in [2.24, 2.45) is 5.92 Å². The fourth-order valence-corrected chi connectivity index (χ4v) is 4.36. The van der Waals surface area contributed by atoms with E-state index in [-0.39, 0.29) is 5.56 Å². The second-order valence-electron chi connectivity index (χ2n) is 8.04. The van der Waals surface area contributed by atoms with Crippen molar-refractivity contribution in [2.75, 3.05) is 33.2 Å². The largest absolute Gasteiger partial charge is 0.302 e. The van der Waals surface area contributed by atoms with Gasteiger partial charge < -0.3 is 9.80 Å². The van der Waals surface area contributed by atoms with Gasteiger partial charge in [0.1, 0.15) is 0 Å². The van der Waals surface area contributed by atoms with Crippen LogP contribution in [0.1, 0.15) is 32.1 Å². The average Bonchev–Trinajstić information content (AvgIpc) is 3.22. The Bertz CT molecular complexity index is 778. The standard InChI is InChI=1S/C20H30N6O/c1-23-11-3-2-5-18(23)16-24-13-8-17(9-14-24)15-26-20(27)7-6-19(22-26)25-12-4-10-21-25/h4,6-7,10,12,17-18H,2-3,5,8-9,11,13-16H2,1H3. The quantitative estimate of drug-likeness (QED) is 0.801. The highest BCUT2D eigenvalue weighted by Gasteiger charge is 2.25. The summed E-state index contributed by atoms with van der Waals surface area (Å²) in [5.41, 5.74) is -0.0304. The zero-order chi connectivity index (χ0) is 18.6. The van der Waals surface area contributed by atoms with Crippen LogP contribution in [0.5, 0.6) is 0 Å². The molecule has 7 nitrogen and oxygen atoms in total. The molecule has 1 atom stereocenters. The van der Waals surface area contributed by atoms with Crippen LogP contribution in [0.15, 0.2) is 35.4 Å². The first kappa shape index (κ1) is 18.4. The molecule has 7 heteroatoms. The van der Waals surface area contributed by atoms with Gasteiger partial charge in [-0.05, 0) is 70.4 Å². The zero-order valence-corrected chi connectivity index (χ0v) is 16.2. The number of aromatic nitrogens is 4. The molecule has 0 saturated carbocycles. The summed E-state index contributed by atoms with van der Waals surface area (Å²) in [6, 6.07) is 5.90. The molecular formula is C20H30N6O. The number of piperidine rings is 2. The second kappa shape index (κ2) is 8.35. The van der Waals surface area contributed by atoms with Crippen LogP contribution in [0.2, 0.25) is 0 Å². The van der Waals surface area contributed by atoms with Crippen LogP contribution in [0.3, 0.4) is 0 Å². The predicted molar refractivity (Wildman–Crippen MR) is 105 cm³/mol. The molecule has 0 N–H and O–H groups in total. The minimum Gasteiger partial charge on any atom is -0.302 e. The molecule has 0 spiro atoms. The molecule has 0 aromatic carbocycles. The monoisotopic (exact) mass is 370 g/mol. The van der Waals surface area contributed by atoms with Gasteiger partial charge in [0.05, 0.1) is 0 Å². The molecule has 0 amide bonds. The lowest BCUT2D eigenvalue weighted by molar-refractivity contribution is 0.0995. The molecule has 27 heavy (non-hydrogen) atoms. The van der Waals surface area contributed by atoms with Gasteiger partial charge in [-0.25, -0.2) is 9.36 Å². The van der Waals surface area contributed by atoms with Gasteiger partial charge in [0, 0.05) is 37.6 Å². The summed E-state index contributed by atoms with van der Waals surface area (Å²) in [7, 11) is 2.27. The van der Waals surface area contributed by atoms with E-state index in [0.717, 1.165) is 25.9 Å². The van der Waals surface area contributed by atoms with Crippen molar-refractivity contribution >= 4 is 0 Å². The first-order chi connectivity index (χ1) is 13.2. The van der Waals surface area contributed by atoms with Crippen molar-refractivity contribution in [3.8, 4) is 5.82 Å². The Morgan fingerprint density at radius 3 is 2.67 bits per heavy atom. The van der Waals surface area contributed by atoms with E-state index in [1.165, 1.54) is 32.4 Å². The fourth-order valence-electron chi connectivity index (χ4n) is 4.36. The summed E-state index contributed by atoms with van der Waals surface area (Å²) in [4.78, 5) is 17.4. The van der Waals surface area contributed by atoms with Gasteiger partial charge in [-0.2, -0.15) is 5.10 Å². The Morgan fingerprint density at radius 1 is 1.07 bits per heavy atom. The molecule has 4 rings (SSSR count). The number of likely N-dealkylation sites (tertiary alicyclic amines) is 2. The molecule has 2 saturated heterocycles. The van der Waals surface area contributed by atoms with Crippen LogP contribution in [-0.4, -0.2) is 68.6 Å². The predicted octanol–water partition coefficient (Wildman–Crippen LogP) is 1.63. The minimum atomic E-state index is -0.0304. The summed E-state index contributed by atoms with van der Waals surface area (Å²) >= 11 is 0. The van der Waals surface area contributed by atoms with Crippen molar-refractivity contribution in [2.45, 2.75) is 44.7 Å². The maximum absolute atomic E-state index is 12.2. The van der Waals surface area contributed by atoms with Crippen molar-refractivity contribution in [3.05, 3.63) is 40.9 Å². The van der Waals surface area contributed by atoms with Crippen LogP contribution < -0.4 is 5.56 Å². The van der Waals surface area contributed by atoms with E-state index in [0.29, 0.717) is 24.3 Å². The van der Waals surface area contributed by atoms with E-state index in [1.54, 1.807) is 27.7 Å². The molecule has 146 valence electrons. The van der Waals surface area contributed by atoms with Crippen molar-refractivity contribution in [3.63, 3.8) is 0 Å². The summed E-state index contributed by atoms with van der Waals surface area (Å²) < 4.78 is 3.31. The highest BCUT2D eigenvalue weighted by molar-refractivity contribution is 5.17. The molecule has 0 bridgehead atoms. The van der Waals surface area contributed by atoms with Crippen molar-refractivity contribution < 1.29 is 0 Å². The number of nitrogens with zero attached hydrogens (tertiary/aromatic N) is 6. The van der Waals surface area contributed by atoms with Gasteiger partial charge in [0.2, 0.25) is 0 Å². The smallest absolute Gasteiger partial charge is 0.266 e. The average molecular weight is 371 g/mol. The lowest BCUT2D eigenvalue weighted by Gasteiger charge is -2.39. The van der Waals surface area contributed by atoms with Crippen molar-refractivity contribution in [1.29, 1.82) is 0 Å². The lowest BCUT2D eigenvalue weighted by atomic mass is 9.95. The molecule has 2 aliphatic rings. The first-order valence-corrected chi connectivity index (χ1v) is 10.2. The summed E-state index contributed by atoms with van der Waals surface area (Å²) in [5, 5.41) is 8.72. The topological polar surface area (TPSA) is 59.2 Å². The molecule has 0 radical (unpaired) electrons. The SMILES string of the molecule is CN1CCCCC1CN1CCC(Cn2nc(-n3cccn3)ccc2=O)CC1. The van der Waals surface area contributed by atoms with E-state index in [2.05, 4.69) is 27.0 Å². The maximum atomic E-state index is 12.2. The Balaban J connectivity index is 1.33. The van der Waals surface area contributed by atoms with Crippen LogP contribution >= 0.6 is 0 Å². The highest BCUT2D eigenvalue weighted by atomic mass is 16.1. The number of rotatable bonds is 5. The Labute approximate surface area is 160 Å². The van der Waals surface area contributed by atoms with Crippen LogP contribution in [0.25, 0.3) is 5.82 Å². The fraction of sp³-hybridized carbons (Fsp3) is 0.650. The van der Waals surface area contributed by atoms with Gasteiger partial charge in [0.25, 0.3) is 5.56 Å². The number of hydrogen-bond acceptors (Lipinski definition) is 5. The van der Waals surface area contributed by atoms with E-state index < -0.39 is 0 Å². The van der Waals surface area contributed by atoms with Crippen LogP contribution in [0, 0.1) is 5.92 Å². The third kappa shape index (κ3) is 4.47. The van der Waals surface area contributed by atoms with Crippen molar-refractivity contribution in [1.82, 2.24) is 29.4 Å². The molecule has 1 unspecified atom stereocenters. The Kier molecular flexibility index (Phi) is 5.69. The van der Waals surface area contributed by atoms with Gasteiger partial charge in [-0.15, -0.1) is 5.10 Å². The molecule has 2 aromatic heterocycles. The number of likely N-dealkylation sites (N-methyl/N-ethyl adjacent to an activating group) is 1. The molecule has 2 aliphatic heterocycles. The molecule has 0 aliphatic carbocycles. The third-order valence-electron chi connectivity index (χ3n) is 6.12. The Morgan fingerprint density at radius 2 is 1.93 bits per heavy atom. The van der Waals surface area contributed by atoms with E-state index in [4.69, 9.17) is 0 Å². The lowest BCUT2D eigenvalue weighted by Crippen LogP contribution is -2.47. The van der Waals surface area contributed by atoms with Gasteiger partial charge in [0.15, 0.2) is 5.82 Å². The summed E-state index contributed by atoms with van der Waals surface area (Å²) in [6.07, 6.45) is 9.87. The molecule has 2 aromatic rings.